The summed E-state index contributed by atoms with van der Waals surface area (Å²) in [7, 11) is 0. The molecule has 2 aliphatic rings. The third-order valence-corrected chi connectivity index (χ3v) is 7.46. The number of hydrogen-bond acceptors (Lipinski definition) is 7. The van der Waals surface area contributed by atoms with Gasteiger partial charge in [0.25, 0.3) is 5.56 Å². The molecule has 0 N–H and O–H groups in total. The van der Waals surface area contributed by atoms with Crippen LogP contribution in [0.2, 0.25) is 0 Å². The summed E-state index contributed by atoms with van der Waals surface area (Å²) >= 11 is 1.16. The first-order valence-corrected chi connectivity index (χ1v) is 12.2. The number of halogens is 1. The Morgan fingerprint density at radius 1 is 1.21 bits per heavy atom. The molecule has 0 amide bonds. The number of carbonyl (C=O) groups excluding carboxylic acids is 1. The molecule has 33 heavy (non-hydrogen) atoms. The Morgan fingerprint density at radius 2 is 2.00 bits per heavy atom. The fraction of sp³-hybridized carbons (Fsp3) is 0.458. The number of benzene rings is 1. The first kappa shape index (κ1) is 22.2. The average molecular weight is 472 g/mol. The van der Waals surface area contributed by atoms with Gasteiger partial charge in [-0.3, -0.25) is 19.1 Å². The number of likely N-dealkylation sites (tertiary alicyclic amines) is 1. The van der Waals surface area contributed by atoms with Crippen molar-refractivity contribution in [2.24, 2.45) is 5.92 Å². The van der Waals surface area contributed by atoms with Crippen LogP contribution in [0.1, 0.15) is 35.4 Å². The number of hydrogen-bond donors (Lipinski definition) is 0. The molecule has 3 aromatic rings. The molecule has 4 heterocycles. The standard InChI is InChI=1S/C24H26FN3O4S/c25-18-13-17(3-4-20(18)32-12-9-27-7-1-2-8-27)28-15-26-19-14-21(33-23(19)24(28)30)22(29)16-5-10-31-11-6-16/h3-4,13-16H,1-2,5-12H2. The molecule has 0 saturated carbocycles. The van der Waals surface area contributed by atoms with E-state index in [1.165, 1.54) is 29.8 Å². The average Bonchev–Trinajstić information content (AvgIpc) is 3.51. The van der Waals surface area contributed by atoms with Crippen LogP contribution in [0, 0.1) is 11.7 Å². The summed E-state index contributed by atoms with van der Waals surface area (Å²) in [5, 5.41) is 0. The quantitative estimate of drug-likeness (QED) is 0.490. The highest BCUT2D eigenvalue weighted by Crippen LogP contribution is 2.28. The van der Waals surface area contributed by atoms with Crippen molar-refractivity contribution in [2.45, 2.75) is 25.7 Å². The van der Waals surface area contributed by atoms with Crippen LogP contribution in [0.5, 0.6) is 5.75 Å². The molecule has 174 valence electrons. The Kier molecular flexibility index (Phi) is 6.52. The van der Waals surface area contributed by atoms with Gasteiger partial charge in [0.05, 0.1) is 16.1 Å². The first-order chi connectivity index (χ1) is 16.1. The number of rotatable bonds is 7. The monoisotopic (exact) mass is 471 g/mol. The van der Waals surface area contributed by atoms with Crippen molar-refractivity contribution in [3.05, 3.63) is 51.6 Å². The van der Waals surface area contributed by atoms with Gasteiger partial charge in [0.1, 0.15) is 17.6 Å². The second-order valence-electron chi connectivity index (χ2n) is 8.51. The molecule has 2 saturated heterocycles. The fourth-order valence-corrected chi connectivity index (χ4v) is 5.49. The molecule has 5 rings (SSSR count). The van der Waals surface area contributed by atoms with Crippen LogP contribution in [-0.2, 0) is 4.74 Å². The van der Waals surface area contributed by atoms with E-state index in [2.05, 4.69) is 9.88 Å². The van der Waals surface area contributed by atoms with Crippen LogP contribution in [-0.4, -0.2) is 59.7 Å². The van der Waals surface area contributed by atoms with E-state index in [1.54, 1.807) is 18.2 Å². The van der Waals surface area contributed by atoms with E-state index in [4.69, 9.17) is 9.47 Å². The van der Waals surface area contributed by atoms with Gasteiger partial charge in [-0.25, -0.2) is 9.37 Å². The van der Waals surface area contributed by atoms with Gasteiger partial charge in [0, 0.05) is 31.7 Å². The summed E-state index contributed by atoms with van der Waals surface area (Å²) in [6, 6.07) is 6.15. The molecule has 0 radical (unpaired) electrons. The van der Waals surface area contributed by atoms with E-state index < -0.39 is 5.82 Å². The van der Waals surface area contributed by atoms with Crippen LogP contribution < -0.4 is 10.3 Å². The molecule has 0 atom stereocenters. The number of nitrogens with zero attached hydrogens (tertiary/aromatic N) is 3. The molecule has 0 unspecified atom stereocenters. The lowest BCUT2D eigenvalue weighted by atomic mass is 9.94. The third kappa shape index (κ3) is 4.71. The molecule has 0 spiro atoms. The fourth-order valence-electron chi connectivity index (χ4n) is 4.43. The second-order valence-corrected chi connectivity index (χ2v) is 9.56. The summed E-state index contributed by atoms with van der Waals surface area (Å²) < 4.78 is 27.3. The topological polar surface area (TPSA) is 73.7 Å². The van der Waals surface area contributed by atoms with Crippen LogP contribution >= 0.6 is 11.3 Å². The number of carbonyl (C=O) groups is 1. The Balaban J connectivity index is 1.34. The van der Waals surface area contributed by atoms with Crippen molar-refractivity contribution < 1.29 is 18.7 Å². The summed E-state index contributed by atoms with van der Waals surface area (Å²) in [6.07, 6.45) is 5.16. The number of Topliss-reactive ketones (excluding diaryl/α,β-unsaturated/α-hetero) is 1. The molecule has 1 aromatic carbocycles. The van der Waals surface area contributed by atoms with Crippen molar-refractivity contribution in [3.63, 3.8) is 0 Å². The van der Waals surface area contributed by atoms with E-state index in [0.717, 1.165) is 31.0 Å². The zero-order chi connectivity index (χ0) is 22.8. The predicted octanol–water partition coefficient (Wildman–Crippen LogP) is 3.67. The van der Waals surface area contributed by atoms with Crippen LogP contribution in [0.3, 0.4) is 0 Å². The minimum absolute atomic E-state index is 0.0359. The number of ketones is 1. The minimum atomic E-state index is -0.525. The SMILES string of the molecule is O=C(c1cc2ncn(-c3ccc(OCCN4CCCC4)c(F)c3)c(=O)c2s1)C1CCOCC1. The van der Waals surface area contributed by atoms with Gasteiger partial charge < -0.3 is 9.47 Å². The minimum Gasteiger partial charge on any atom is -0.489 e. The Morgan fingerprint density at radius 3 is 2.76 bits per heavy atom. The zero-order valence-electron chi connectivity index (χ0n) is 18.3. The van der Waals surface area contributed by atoms with Crippen LogP contribution in [0.25, 0.3) is 15.9 Å². The summed E-state index contributed by atoms with van der Waals surface area (Å²) in [4.78, 5) is 33.1. The molecule has 9 heteroatoms. The number of thiophene rings is 1. The van der Waals surface area contributed by atoms with Gasteiger partial charge in [0.2, 0.25) is 0 Å². The van der Waals surface area contributed by atoms with Gasteiger partial charge in [0.15, 0.2) is 17.3 Å². The Bertz CT molecular complexity index is 1210. The lowest BCUT2D eigenvalue weighted by Gasteiger charge is -2.19. The van der Waals surface area contributed by atoms with E-state index >= 15 is 0 Å². The van der Waals surface area contributed by atoms with Crippen molar-refractivity contribution in [1.29, 1.82) is 0 Å². The molecule has 0 aliphatic carbocycles. The second kappa shape index (κ2) is 9.70. The largest absolute Gasteiger partial charge is 0.489 e. The summed E-state index contributed by atoms with van der Waals surface area (Å²) in [5.41, 5.74) is 0.529. The summed E-state index contributed by atoms with van der Waals surface area (Å²) in [6.45, 7) is 4.48. The highest BCUT2D eigenvalue weighted by atomic mass is 32.1. The maximum Gasteiger partial charge on any atom is 0.275 e. The van der Waals surface area contributed by atoms with Crippen molar-refractivity contribution in [1.82, 2.24) is 14.5 Å². The Hall–Kier alpha value is -2.62. The maximum atomic E-state index is 14.7. The number of ether oxygens (including phenoxy) is 2. The lowest BCUT2D eigenvalue weighted by Crippen LogP contribution is -2.25. The van der Waals surface area contributed by atoms with Crippen molar-refractivity contribution in [3.8, 4) is 11.4 Å². The van der Waals surface area contributed by atoms with Crippen LogP contribution in [0.15, 0.2) is 35.4 Å². The maximum absolute atomic E-state index is 14.7. The highest BCUT2D eigenvalue weighted by molar-refractivity contribution is 7.20. The van der Waals surface area contributed by atoms with Gasteiger partial charge in [-0.2, -0.15) is 0 Å². The highest BCUT2D eigenvalue weighted by Gasteiger charge is 2.25. The first-order valence-electron chi connectivity index (χ1n) is 11.4. The molecule has 7 nitrogen and oxygen atoms in total. The van der Waals surface area contributed by atoms with Crippen LogP contribution in [0.4, 0.5) is 4.39 Å². The molecular formula is C24H26FN3O4S. The van der Waals surface area contributed by atoms with Gasteiger partial charge in [-0.15, -0.1) is 11.3 Å². The molecule has 2 aromatic heterocycles. The molecule has 2 aliphatic heterocycles. The smallest absolute Gasteiger partial charge is 0.275 e. The predicted molar refractivity (Wildman–Crippen MR) is 124 cm³/mol. The summed E-state index contributed by atoms with van der Waals surface area (Å²) in [5.74, 6) is -0.405. The zero-order valence-corrected chi connectivity index (χ0v) is 19.1. The number of fused-ring (bicyclic) bond motifs is 1. The normalized spacial score (nSPS) is 17.6. The van der Waals surface area contributed by atoms with E-state index in [-0.39, 0.29) is 23.0 Å². The molecular weight excluding hydrogens is 445 g/mol. The Labute approximate surface area is 194 Å². The third-order valence-electron chi connectivity index (χ3n) is 6.33. The van der Waals surface area contributed by atoms with E-state index in [0.29, 0.717) is 53.4 Å². The van der Waals surface area contributed by atoms with Gasteiger partial charge in [-0.1, -0.05) is 0 Å². The van der Waals surface area contributed by atoms with Crippen molar-refractivity contribution in [2.75, 3.05) is 39.5 Å². The van der Waals surface area contributed by atoms with E-state index in [9.17, 15) is 14.0 Å². The lowest BCUT2D eigenvalue weighted by molar-refractivity contribution is 0.0547. The number of aromatic nitrogens is 2. The van der Waals surface area contributed by atoms with E-state index in [1.807, 2.05) is 0 Å². The van der Waals surface area contributed by atoms with Crippen molar-refractivity contribution >= 4 is 27.3 Å². The van der Waals surface area contributed by atoms with Gasteiger partial charge >= 0.3 is 0 Å². The molecule has 2 fully saturated rings. The molecule has 0 bridgehead atoms. The van der Waals surface area contributed by atoms with Gasteiger partial charge in [-0.05, 0) is 57.0 Å².